The molecule has 0 amide bonds. The van der Waals surface area contributed by atoms with Crippen molar-refractivity contribution in [3.8, 4) is 17.0 Å². The van der Waals surface area contributed by atoms with Gasteiger partial charge in [-0.2, -0.15) is 4.31 Å². The van der Waals surface area contributed by atoms with E-state index in [4.69, 9.17) is 10.7 Å². The molecule has 0 fully saturated rings. The third-order valence-electron chi connectivity index (χ3n) is 5.14. The van der Waals surface area contributed by atoms with Crippen molar-refractivity contribution in [1.29, 1.82) is 0 Å². The molecule has 1 heterocycles. The van der Waals surface area contributed by atoms with Crippen molar-refractivity contribution < 1.29 is 13.5 Å². The average molecular weight is 455 g/mol. The molecule has 32 heavy (non-hydrogen) atoms. The van der Waals surface area contributed by atoms with Gasteiger partial charge in [-0.05, 0) is 61.2 Å². The van der Waals surface area contributed by atoms with Crippen LogP contribution in [0.5, 0.6) is 5.75 Å². The van der Waals surface area contributed by atoms with Crippen molar-refractivity contribution in [2.24, 2.45) is 5.73 Å². The second-order valence-electron chi connectivity index (χ2n) is 7.82. The lowest BCUT2D eigenvalue weighted by molar-refractivity contribution is 0.405. The van der Waals surface area contributed by atoms with Crippen LogP contribution < -0.4 is 5.73 Å². The molecule has 0 radical (unpaired) electrons. The number of rotatable bonds is 11. The van der Waals surface area contributed by atoms with Gasteiger partial charge in [-0.15, -0.1) is 0 Å². The molecule has 0 atom stereocenters. The Hall–Kier alpha value is -2.81. The lowest BCUT2D eigenvalue weighted by atomic mass is 10.1. The molecular weight excluding hydrogens is 424 g/mol. The topological polar surface area (TPSA) is 109 Å². The molecule has 3 N–H and O–H groups in total. The Labute approximate surface area is 190 Å². The molecule has 2 aromatic carbocycles. The lowest BCUT2D eigenvalue weighted by Crippen LogP contribution is -2.31. The molecule has 0 saturated heterocycles. The van der Waals surface area contributed by atoms with Crippen molar-refractivity contribution in [3.05, 3.63) is 77.7 Å². The minimum atomic E-state index is -3.32. The Kier molecular flexibility index (Phi) is 8.33. The Bertz CT molecular complexity index is 1140. The van der Waals surface area contributed by atoms with Gasteiger partial charge in [-0.25, -0.2) is 18.4 Å². The van der Waals surface area contributed by atoms with Crippen LogP contribution in [-0.4, -0.2) is 47.1 Å². The lowest BCUT2D eigenvalue weighted by Gasteiger charge is -2.20. The zero-order valence-corrected chi connectivity index (χ0v) is 19.1. The highest BCUT2D eigenvalue weighted by Gasteiger charge is 2.16. The molecule has 0 spiro atoms. The monoisotopic (exact) mass is 454 g/mol. The van der Waals surface area contributed by atoms with Gasteiger partial charge >= 0.3 is 0 Å². The first-order valence-corrected chi connectivity index (χ1v) is 12.5. The summed E-state index contributed by atoms with van der Waals surface area (Å²) in [5.41, 5.74) is 9.26. The van der Waals surface area contributed by atoms with E-state index in [9.17, 15) is 13.5 Å². The number of aromatic nitrogens is 2. The zero-order chi connectivity index (χ0) is 23.0. The fourth-order valence-electron chi connectivity index (χ4n) is 3.51. The standard InChI is InChI=1S/C24H30N4O3S/c1-32(30,31)28(15-5-13-25)18-20-8-2-9-21(16-20)23-12-14-26-24(27-23)11-4-7-19-6-3-10-22(29)17-19/h2-3,6,8-10,12,14,16-17,29H,4-5,7,11,13,15,18,25H2,1H3. The van der Waals surface area contributed by atoms with Crippen molar-refractivity contribution in [2.45, 2.75) is 32.2 Å². The van der Waals surface area contributed by atoms with Gasteiger partial charge in [0.05, 0.1) is 11.9 Å². The quantitative estimate of drug-likeness (QED) is 0.461. The van der Waals surface area contributed by atoms with Crippen LogP contribution in [0, 0.1) is 0 Å². The Balaban J connectivity index is 1.69. The number of aryl methyl sites for hydroxylation is 2. The molecular formula is C24H30N4O3S. The molecule has 0 aliphatic heterocycles. The smallest absolute Gasteiger partial charge is 0.211 e. The molecule has 0 unspecified atom stereocenters. The van der Waals surface area contributed by atoms with Gasteiger partial charge < -0.3 is 10.8 Å². The highest BCUT2D eigenvalue weighted by Crippen LogP contribution is 2.20. The SMILES string of the molecule is CS(=O)(=O)N(CCCN)Cc1cccc(-c2ccnc(CCCc3cccc(O)c3)n2)c1. The number of nitrogens with two attached hydrogens (primary N) is 1. The molecule has 0 saturated carbocycles. The summed E-state index contributed by atoms with van der Waals surface area (Å²) in [5, 5.41) is 9.59. The summed E-state index contributed by atoms with van der Waals surface area (Å²) >= 11 is 0. The van der Waals surface area contributed by atoms with E-state index in [0.717, 1.165) is 47.5 Å². The van der Waals surface area contributed by atoms with Gasteiger partial charge in [0, 0.05) is 31.3 Å². The summed E-state index contributed by atoms with van der Waals surface area (Å²) in [6, 6.07) is 16.9. The van der Waals surface area contributed by atoms with Crippen LogP contribution in [0.25, 0.3) is 11.3 Å². The molecule has 0 aliphatic carbocycles. The average Bonchev–Trinajstić information content (AvgIpc) is 2.76. The fourth-order valence-corrected chi connectivity index (χ4v) is 4.35. The van der Waals surface area contributed by atoms with Gasteiger partial charge in [0.15, 0.2) is 0 Å². The number of hydrogen-bond acceptors (Lipinski definition) is 6. The van der Waals surface area contributed by atoms with E-state index in [1.807, 2.05) is 42.5 Å². The second kappa shape index (κ2) is 11.2. The van der Waals surface area contributed by atoms with E-state index in [1.165, 1.54) is 10.6 Å². The minimum Gasteiger partial charge on any atom is -0.508 e. The van der Waals surface area contributed by atoms with Crippen LogP contribution in [0.3, 0.4) is 0 Å². The van der Waals surface area contributed by atoms with E-state index in [1.54, 1.807) is 18.3 Å². The fraction of sp³-hybridized carbons (Fsp3) is 0.333. The zero-order valence-electron chi connectivity index (χ0n) is 18.3. The van der Waals surface area contributed by atoms with Crippen LogP contribution in [0.2, 0.25) is 0 Å². The highest BCUT2D eigenvalue weighted by atomic mass is 32.2. The Morgan fingerprint density at radius 2 is 1.78 bits per heavy atom. The number of phenolic OH excluding ortho intramolecular Hbond substituents is 1. The maximum absolute atomic E-state index is 12.1. The molecule has 0 aliphatic rings. The summed E-state index contributed by atoms with van der Waals surface area (Å²) in [6.45, 7) is 1.14. The van der Waals surface area contributed by atoms with E-state index < -0.39 is 10.0 Å². The largest absolute Gasteiger partial charge is 0.508 e. The van der Waals surface area contributed by atoms with E-state index >= 15 is 0 Å². The molecule has 3 rings (SSSR count). The maximum Gasteiger partial charge on any atom is 0.211 e. The van der Waals surface area contributed by atoms with Crippen LogP contribution in [-0.2, 0) is 29.4 Å². The highest BCUT2D eigenvalue weighted by molar-refractivity contribution is 7.88. The third-order valence-corrected chi connectivity index (χ3v) is 6.39. The normalized spacial score (nSPS) is 11.7. The number of phenols is 1. The molecule has 170 valence electrons. The van der Waals surface area contributed by atoms with E-state index in [-0.39, 0.29) is 5.75 Å². The molecule has 3 aromatic rings. The number of hydrogen-bond donors (Lipinski definition) is 2. The predicted molar refractivity (Wildman–Crippen MR) is 127 cm³/mol. The van der Waals surface area contributed by atoms with Crippen molar-refractivity contribution in [3.63, 3.8) is 0 Å². The van der Waals surface area contributed by atoms with Crippen molar-refractivity contribution in [2.75, 3.05) is 19.3 Å². The number of nitrogens with zero attached hydrogens (tertiary/aromatic N) is 3. The number of aromatic hydroxyl groups is 1. The van der Waals surface area contributed by atoms with E-state index in [2.05, 4.69) is 4.98 Å². The van der Waals surface area contributed by atoms with Gasteiger partial charge in [0.25, 0.3) is 0 Å². The third kappa shape index (κ3) is 7.12. The Morgan fingerprint density at radius 1 is 1.00 bits per heavy atom. The first-order chi connectivity index (χ1) is 15.3. The van der Waals surface area contributed by atoms with Crippen molar-refractivity contribution >= 4 is 10.0 Å². The summed E-state index contributed by atoms with van der Waals surface area (Å²) in [4.78, 5) is 9.09. The van der Waals surface area contributed by atoms with Crippen LogP contribution in [0.4, 0.5) is 0 Å². The van der Waals surface area contributed by atoms with Gasteiger partial charge in [-0.3, -0.25) is 0 Å². The molecule has 8 heteroatoms. The minimum absolute atomic E-state index is 0.276. The van der Waals surface area contributed by atoms with Gasteiger partial charge in [-0.1, -0.05) is 30.3 Å². The second-order valence-corrected chi connectivity index (χ2v) is 9.80. The van der Waals surface area contributed by atoms with Crippen LogP contribution >= 0.6 is 0 Å². The number of sulfonamides is 1. The van der Waals surface area contributed by atoms with Crippen LogP contribution in [0.15, 0.2) is 60.8 Å². The first-order valence-electron chi connectivity index (χ1n) is 10.7. The molecule has 1 aromatic heterocycles. The summed E-state index contributed by atoms with van der Waals surface area (Å²) in [6.07, 6.45) is 6.03. The predicted octanol–water partition coefficient (Wildman–Crippen LogP) is 3.13. The number of benzene rings is 2. The van der Waals surface area contributed by atoms with Crippen LogP contribution in [0.1, 0.15) is 29.8 Å². The first kappa shape index (κ1) is 23.8. The molecule has 7 nitrogen and oxygen atoms in total. The van der Waals surface area contributed by atoms with Crippen molar-refractivity contribution in [1.82, 2.24) is 14.3 Å². The Morgan fingerprint density at radius 3 is 2.53 bits per heavy atom. The summed E-state index contributed by atoms with van der Waals surface area (Å²) in [7, 11) is -3.32. The molecule has 0 bridgehead atoms. The van der Waals surface area contributed by atoms with Gasteiger partial charge in [0.1, 0.15) is 11.6 Å². The summed E-state index contributed by atoms with van der Waals surface area (Å²) < 4.78 is 25.7. The summed E-state index contributed by atoms with van der Waals surface area (Å²) in [5.74, 6) is 1.03. The van der Waals surface area contributed by atoms with Gasteiger partial charge in [0.2, 0.25) is 10.0 Å². The van der Waals surface area contributed by atoms with E-state index in [0.29, 0.717) is 26.1 Å². The maximum atomic E-state index is 12.1.